The molecular formula is C23H23NO5S. The molecule has 0 fully saturated rings. The quantitative estimate of drug-likeness (QED) is 0.567. The minimum atomic E-state index is -4.09. The number of methoxy groups -OCH3 is 1. The van der Waals surface area contributed by atoms with Crippen molar-refractivity contribution in [1.29, 1.82) is 0 Å². The van der Waals surface area contributed by atoms with Crippen LogP contribution in [-0.4, -0.2) is 37.0 Å². The second-order valence-electron chi connectivity index (χ2n) is 6.76. The van der Waals surface area contributed by atoms with Crippen LogP contribution in [0.15, 0.2) is 89.8 Å². The first kappa shape index (κ1) is 21.5. The molecule has 0 saturated heterocycles. The molecule has 1 atom stereocenters. The maximum atomic E-state index is 13.5. The molecule has 0 aromatic heterocycles. The van der Waals surface area contributed by atoms with E-state index in [4.69, 9.17) is 4.74 Å². The highest BCUT2D eigenvalue weighted by Gasteiger charge is 2.36. The van der Waals surface area contributed by atoms with Crippen LogP contribution in [0.4, 0.5) is 0 Å². The van der Waals surface area contributed by atoms with E-state index in [1.54, 1.807) is 60.7 Å². The van der Waals surface area contributed by atoms with Crippen LogP contribution in [0.5, 0.6) is 5.75 Å². The summed E-state index contributed by atoms with van der Waals surface area (Å²) in [6.07, 6.45) is 0.0540. The van der Waals surface area contributed by atoms with Gasteiger partial charge in [-0.05, 0) is 41.8 Å². The van der Waals surface area contributed by atoms with Crippen LogP contribution in [0.25, 0.3) is 0 Å². The second-order valence-corrected chi connectivity index (χ2v) is 8.65. The van der Waals surface area contributed by atoms with E-state index in [0.29, 0.717) is 11.3 Å². The Morgan fingerprint density at radius 1 is 0.900 bits per heavy atom. The summed E-state index contributed by atoms with van der Waals surface area (Å²) in [5.74, 6) is -0.686. The first-order valence-electron chi connectivity index (χ1n) is 9.38. The van der Waals surface area contributed by atoms with Crippen molar-refractivity contribution < 1.29 is 23.1 Å². The molecule has 0 aliphatic rings. The van der Waals surface area contributed by atoms with Crippen molar-refractivity contribution in [3.63, 3.8) is 0 Å². The number of carbonyl (C=O) groups is 1. The van der Waals surface area contributed by atoms with Gasteiger partial charge in [0.2, 0.25) is 10.0 Å². The molecule has 0 heterocycles. The highest BCUT2D eigenvalue weighted by Crippen LogP contribution is 2.25. The van der Waals surface area contributed by atoms with Crippen LogP contribution in [0, 0.1) is 0 Å². The van der Waals surface area contributed by atoms with Gasteiger partial charge >= 0.3 is 5.97 Å². The van der Waals surface area contributed by atoms with Gasteiger partial charge in [0, 0.05) is 6.54 Å². The summed E-state index contributed by atoms with van der Waals surface area (Å²) in [7, 11) is -2.60. The zero-order chi connectivity index (χ0) is 21.6. The smallest absolute Gasteiger partial charge is 0.322 e. The van der Waals surface area contributed by atoms with Crippen LogP contribution < -0.4 is 4.74 Å². The Balaban J connectivity index is 2.04. The predicted molar refractivity (Wildman–Crippen MR) is 114 cm³/mol. The van der Waals surface area contributed by atoms with E-state index in [9.17, 15) is 18.3 Å². The average Bonchev–Trinajstić information content (AvgIpc) is 2.77. The first-order chi connectivity index (χ1) is 14.4. The lowest BCUT2D eigenvalue weighted by Crippen LogP contribution is -2.45. The van der Waals surface area contributed by atoms with Gasteiger partial charge in [-0.15, -0.1) is 0 Å². The number of rotatable bonds is 9. The molecule has 6 nitrogen and oxygen atoms in total. The van der Waals surface area contributed by atoms with Gasteiger partial charge in [0.05, 0.1) is 12.0 Å². The SMILES string of the molecule is COc1ccc(S(=O)(=O)N(Cc2ccccc2)[C@@H](Cc2ccccc2)C(=O)O)cc1. The summed E-state index contributed by atoms with van der Waals surface area (Å²) in [4.78, 5) is 12.2. The van der Waals surface area contributed by atoms with E-state index < -0.39 is 22.0 Å². The molecule has 30 heavy (non-hydrogen) atoms. The Morgan fingerprint density at radius 2 is 1.43 bits per heavy atom. The van der Waals surface area contributed by atoms with E-state index >= 15 is 0 Å². The molecule has 0 aliphatic heterocycles. The number of hydrogen-bond acceptors (Lipinski definition) is 4. The molecule has 0 spiro atoms. The first-order valence-corrected chi connectivity index (χ1v) is 10.8. The van der Waals surface area contributed by atoms with Crippen molar-refractivity contribution >= 4 is 16.0 Å². The standard InChI is InChI=1S/C23H23NO5S/c1-29-20-12-14-21(15-13-20)30(27,28)24(17-19-10-6-3-7-11-19)22(23(25)26)16-18-8-4-2-5-9-18/h2-15,22H,16-17H2,1H3,(H,25,26)/t22-/m0/s1. The lowest BCUT2D eigenvalue weighted by atomic mass is 10.1. The monoisotopic (exact) mass is 425 g/mol. The highest BCUT2D eigenvalue weighted by atomic mass is 32.2. The van der Waals surface area contributed by atoms with Gasteiger partial charge in [0.1, 0.15) is 11.8 Å². The molecule has 3 aromatic carbocycles. The number of nitrogens with zero attached hydrogens (tertiary/aromatic N) is 1. The maximum Gasteiger partial charge on any atom is 0.322 e. The van der Waals surface area contributed by atoms with E-state index in [2.05, 4.69) is 0 Å². The van der Waals surface area contributed by atoms with Gasteiger partial charge in [-0.25, -0.2) is 8.42 Å². The van der Waals surface area contributed by atoms with E-state index in [1.165, 1.54) is 19.2 Å². The Bertz CT molecular complexity index is 1070. The average molecular weight is 426 g/mol. The zero-order valence-corrected chi connectivity index (χ0v) is 17.3. The topological polar surface area (TPSA) is 83.9 Å². The second kappa shape index (κ2) is 9.56. The largest absolute Gasteiger partial charge is 0.497 e. The third kappa shape index (κ3) is 5.06. The molecule has 0 unspecified atom stereocenters. The summed E-state index contributed by atoms with van der Waals surface area (Å²) in [5.41, 5.74) is 1.45. The lowest BCUT2D eigenvalue weighted by Gasteiger charge is -2.28. The van der Waals surface area contributed by atoms with E-state index in [1.807, 2.05) is 12.1 Å². The fraction of sp³-hybridized carbons (Fsp3) is 0.174. The molecule has 156 valence electrons. The zero-order valence-electron chi connectivity index (χ0n) is 16.5. The lowest BCUT2D eigenvalue weighted by molar-refractivity contribution is -0.141. The van der Waals surface area contributed by atoms with E-state index in [-0.39, 0.29) is 17.9 Å². The predicted octanol–water partition coefficient (Wildman–Crippen LogP) is 3.58. The number of benzene rings is 3. The van der Waals surface area contributed by atoms with E-state index in [0.717, 1.165) is 9.87 Å². The van der Waals surface area contributed by atoms with Crippen molar-refractivity contribution in [2.24, 2.45) is 0 Å². The Labute approximate surface area is 176 Å². The van der Waals surface area contributed by atoms with Crippen LogP contribution in [0.2, 0.25) is 0 Å². The van der Waals surface area contributed by atoms with Crippen LogP contribution in [0.3, 0.4) is 0 Å². The Hall–Kier alpha value is -3.16. The molecule has 0 saturated carbocycles. The van der Waals surface area contributed by atoms with Gasteiger partial charge in [-0.2, -0.15) is 4.31 Å². The van der Waals surface area contributed by atoms with Crippen LogP contribution in [0.1, 0.15) is 11.1 Å². The number of sulfonamides is 1. The fourth-order valence-corrected chi connectivity index (χ4v) is 4.73. The molecule has 0 radical (unpaired) electrons. The summed E-state index contributed by atoms with van der Waals surface area (Å²) < 4.78 is 33.1. The van der Waals surface area contributed by atoms with Gasteiger partial charge in [-0.1, -0.05) is 60.7 Å². The molecule has 1 N–H and O–H groups in total. The summed E-state index contributed by atoms with van der Waals surface area (Å²) >= 11 is 0. The number of ether oxygens (including phenoxy) is 1. The summed E-state index contributed by atoms with van der Waals surface area (Å²) in [5, 5.41) is 9.95. The number of aliphatic carboxylic acids is 1. The Kier molecular flexibility index (Phi) is 6.87. The van der Waals surface area contributed by atoms with Gasteiger partial charge < -0.3 is 9.84 Å². The summed E-state index contributed by atoms with van der Waals surface area (Å²) in [6.45, 7) is -0.0565. The maximum absolute atomic E-state index is 13.5. The third-order valence-corrected chi connectivity index (χ3v) is 6.62. The molecule has 3 aromatic rings. The van der Waals surface area contributed by atoms with Gasteiger partial charge in [-0.3, -0.25) is 4.79 Å². The van der Waals surface area contributed by atoms with Gasteiger partial charge in [0.15, 0.2) is 0 Å². The van der Waals surface area contributed by atoms with Crippen LogP contribution >= 0.6 is 0 Å². The minimum absolute atomic E-state index is 0.0125. The number of carboxylic acid groups (broad SMARTS) is 1. The van der Waals surface area contributed by atoms with Crippen molar-refractivity contribution in [3.05, 3.63) is 96.1 Å². The van der Waals surface area contributed by atoms with Crippen molar-refractivity contribution in [2.75, 3.05) is 7.11 Å². The Morgan fingerprint density at radius 3 is 1.93 bits per heavy atom. The minimum Gasteiger partial charge on any atom is -0.497 e. The van der Waals surface area contributed by atoms with Crippen molar-refractivity contribution in [2.45, 2.75) is 23.9 Å². The van der Waals surface area contributed by atoms with Crippen molar-refractivity contribution in [1.82, 2.24) is 4.31 Å². The molecule has 3 rings (SSSR count). The number of hydrogen-bond donors (Lipinski definition) is 1. The van der Waals surface area contributed by atoms with Gasteiger partial charge in [0.25, 0.3) is 0 Å². The molecular weight excluding hydrogens is 402 g/mol. The highest BCUT2D eigenvalue weighted by molar-refractivity contribution is 7.89. The fourth-order valence-electron chi connectivity index (χ4n) is 3.16. The van der Waals surface area contributed by atoms with Crippen LogP contribution in [-0.2, 0) is 27.8 Å². The number of carboxylic acids is 1. The third-order valence-electron chi connectivity index (χ3n) is 4.75. The molecule has 0 bridgehead atoms. The molecule has 7 heteroatoms. The molecule has 0 aliphatic carbocycles. The van der Waals surface area contributed by atoms with Crippen molar-refractivity contribution in [3.8, 4) is 5.75 Å². The molecule has 0 amide bonds. The normalized spacial score (nSPS) is 12.5. The summed E-state index contributed by atoms with van der Waals surface area (Å²) in [6, 6.07) is 22.6.